The van der Waals surface area contributed by atoms with E-state index in [1.54, 1.807) is 28.6 Å². The van der Waals surface area contributed by atoms with Crippen molar-refractivity contribution in [1.29, 1.82) is 5.26 Å². The molecule has 0 saturated carbocycles. The van der Waals surface area contributed by atoms with Crippen LogP contribution in [0.25, 0.3) is 11.5 Å². The molecule has 28 heavy (non-hydrogen) atoms. The highest BCUT2D eigenvalue weighted by Gasteiger charge is 2.28. The van der Waals surface area contributed by atoms with Crippen LogP contribution in [-0.2, 0) is 10.0 Å². The lowest BCUT2D eigenvalue weighted by Crippen LogP contribution is -2.39. The Morgan fingerprint density at radius 3 is 2.71 bits per heavy atom. The van der Waals surface area contributed by atoms with Crippen molar-refractivity contribution in [3.63, 3.8) is 0 Å². The van der Waals surface area contributed by atoms with E-state index in [2.05, 4.69) is 17.2 Å². The normalized spacial score (nSPS) is 19.1. The Labute approximate surface area is 166 Å². The SMILES string of the molecule is CCC(C)Nc1oc(-c2ccc(S(=O)(=O)N3CCCC(C)C3)cc2)nc1C#N. The molecule has 1 aromatic heterocycles. The molecule has 2 unspecified atom stereocenters. The van der Waals surface area contributed by atoms with Crippen molar-refractivity contribution in [1.82, 2.24) is 9.29 Å². The molecule has 0 bridgehead atoms. The predicted molar refractivity (Wildman–Crippen MR) is 107 cm³/mol. The Morgan fingerprint density at radius 2 is 2.11 bits per heavy atom. The molecule has 8 heteroatoms. The highest BCUT2D eigenvalue weighted by molar-refractivity contribution is 7.89. The molecule has 0 radical (unpaired) electrons. The number of anilines is 1. The van der Waals surface area contributed by atoms with Crippen molar-refractivity contribution in [2.45, 2.75) is 51.0 Å². The van der Waals surface area contributed by atoms with Gasteiger partial charge < -0.3 is 9.73 Å². The number of hydrogen-bond donors (Lipinski definition) is 1. The molecule has 150 valence electrons. The number of benzene rings is 1. The van der Waals surface area contributed by atoms with Gasteiger partial charge in [-0.05, 0) is 56.4 Å². The molecule has 1 saturated heterocycles. The van der Waals surface area contributed by atoms with E-state index in [-0.39, 0.29) is 22.5 Å². The first kappa shape index (κ1) is 20.4. The minimum atomic E-state index is -3.50. The summed E-state index contributed by atoms with van der Waals surface area (Å²) in [5.74, 6) is 1.000. The van der Waals surface area contributed by atoms with E-state index in [0.29, 0.717) is 30.5 Å². The molecule has 1 aliphatic heterocycles. The number of nitrogens with one attached hydrogen (secondary N) is 1. The number of aromatic nitrogens is 1. The molecule has 1 fully saturated rings. The lowest BCUT2D eigenvalue weighted by Gasteiger charge is -2.30. The topological polar surface area (TPSA) is 99.2 Å². The fraction of sp³-hybridized carbons (Fsp3) is 0.500. The van der Waals surface area contributed by atoms with Gasteiger partial charge in [-0.1, -0.05) is 13.8 Å². The summed E-state index contributed by atoms with van der Waals surface area (Å²) in [7, 11) is -3.50. The summed E-state index contributed by atoms with van der Waals surface area (Å²) in [6, 6.07) is 8.65. The average molecular weight is 403 g/mol. The Morgan fingerprint density at radius 1 is 1.39 bits per heavy atom. The van der Waals surface area contributed by atoms with Crippen LogP contribution in [0.5, 0.6) is 0 Å². The van der Waals surface area contributed by atoms with E-state index >= 15 is 0 Å². The first-order chi connectivity index (χ1) is 13.3. The van der Waals surface area contributed by atoms with Gasteiger partial charge in [0, 0.05) is 24.7 Å². The molecule has 7 nitrogen and oxygen atoms in total. The molecular formula is C20H26N4O3S. The van der Waals surface area contributed by atoms with Gasteiger partial charge in [-0.25, -0.2) is 8.42 Å². The molecule has 0 spiro atoms. The second-order valence-corrected chi connectivity index (χ2v) is 9.33. The van der Waals surface area contributed by atoms with Crippen LogP contribution in [-0.4, -0.2) is 36.8 Å². The van der Waals surface area contributed by atoms with Crippen LogP contribution in [0.4, 0.5) is 5.88 Å². The number of nitrogens with zero attached hydrogens (tertiary/aromatic N) is 3. The van der Waals surface area contributed by atoms with Gasteiger partial charge in [0.1, 0.15) is 6.07 Å². The van der Waals surface area contributed by atoms with Crippen LogP contribution in [0.3, 0.4) is 0 Å². The molecule has 2 atom stereocenters. The summed E-state index contributed by atoms with van der Waals surface area (Å²) in [6.45, 7) is 7.21. The van der Waals surface area contributed by atoms with Crippen LogP contribution >= 0.6 is 0 Å². The molecule has 3 rings (SSSR count). The second-order valence-electron chi connectivity index (χ2n) is 7.40. The van der Waals surface area contributed by atoms with Gasteiger partial charge in [-0.2, -0.15) is 14.6 Å². The maximum atomic E-state index is 12.9. The fourth-order valence-electron chi connectivity index (χ4n) is 3.23. The maximum Gasteiger partial charge on any atom is 0.243 e. The van der Waals surface area contributed by atoms with Gasteiger partial charge >= 0.3 is 0 Å². The fourth-order valence-corrected chi connectivity index (χ4v) is 4.82. The van der Waals surface area contributed by atoms with Gasteiger partial charge in [0.25, 0.3) is 0 Å². The van der Waals surface area contributed by atoms with Gasteiger partial charge in [0.05, 0.1) is 4.90 Å². The highest BCUT2D eigenvalue weighted by Crippen LogP contribution is 2.28. The summed E-state index contributed by atoms with van der Waals surface area (Å²) in [5, 5.41) is 12.4. The van der Waals surface area contributed by atoms with E-state index < -0.39 is 10.0 Å². The largest absolute Gasteiger partial charge is 0.419 e. The summed E-state index contributed by atoms with van der Waals surface area (Å²) >= 11 is 0. The molecule has 0 amide bonds. The van der Waals surface area contributed by atoms with Crippen LogP contribution in [0, 0.1) is 17.2 Å². The maximum absolute atomic E-state index is 12.9. The molecule has 1 aliphatic rings. The molecule has 0 aliphatic carbocycles. The summed E-state index contributed by atoms with van der Waals surface area (Å²) in [5.41, 5.74) is 0.814. The van der Waals surface area contributed by atoms with Crippen molar-refractivity contribution in [2.24, 2.45) is 5.92 Å². The smallest absolute Gasteiger partial charge is 0.243 e. The van der Waals surface area contributed by atoms with Crippen LogP contribution < -0.4 is 5.32 Å². The number of piperidine rings is 1. The van der Waals surface area contributed by atoms with Gasteiger partial charge in [0.15, 0.2) is 0 Å². The zero-order chi connectivity index (χ0) is 20.3. The van der Waals surface area contributed by atoms with Crippen molar-refractivity contribution < 1.29 is 12.8 Å². The average Bonchev–Trinajstić information content (AvgIpc) is 3.10. The van der Waals surface area contributed by atoms with Gasteiger partial charge in [0.2, 0.25) is 27.5 Å². The summed E-state index contributed by atoms with van der Waals surface area (Å²) < 4.78 is 33.0. The van der Waals surface area contributed by atoms with E-state index in [9.17, 15) is 13.7 Å². The standard InChI is InChI=1S/C20H26N4O3S/c1-4-15(3)22-20-18(12-21)23-19(27-20)16-7-9-17(10-8-16)28(25,26)24-11-5-6-14(2)13-24/h7-10,14-15,22H,4-6,11,13H2,1-3H3. The number of nitriles is 1. The van der Waals surface area contributed by atoms with Crippen molar-refractivity contribution >= 4 is 15.9 Å². The number of sulfonamides is 1. The summed E-state index contributed by atoms with van der Waals surface area (Å²) in [4.78, 5) is 4.49. The van der Waals surface area contributed by atoms with Crippen LogP contribution in [0.1, 0.15) is 45.7 Å². The molecule has 1 aromatic carbocycles. The molecule has 1 N–H and O–H groups in total. The second kappa shape index (κ2) is 8.33. The number of hydrogen-bond acceptors (Lipinski definition) is 6. The van der Waals surface area contributed by atoms with Gasteiger partial charge in [-0.15, -0.1) is 0 Å². The molecule has 2 heterocycles. The monoisotopic (exact) mass is 402 g/mol. The minimum absolute atomic E-state index is 0.146. The van der Waals surface area contributed by atoms with E-state index in [1.807, 2.05) is 19.9 Å². The zero-order valence-corrected chi connectivity index (χ0v) is 17.3. The first-order valence-electron chi connectivity index (χ1n) is 9.63. The minimum Gasteiger partial charge on any atom is -0.419 e. The Hall–Kier alpha value is -2.37. The van der Waals surface area contributed by atoms with E-state index in [1.165, 1.54) is 0 Å². The van der Waals surface area contributed by atoms with Crippen molar-refractivity contribution in [3.05, 3.63) is 30.0 Å². The summed E-state index contributed by atoms with van der Waals surface area (Å²) in [6.07, 6.45) is 2.82. The molecule has 2 aromatic rings. The highest BCUT2D eigenvalue weighted by atomic mass is 32.2. The zero-order valence-electron chi connectivity index (χ0n) is 16.5. The van der Waals surface area contributed by atoms with Crippen molar-refractivity contribution in [3.8, 4) is 17.5 Å². The quantitative estimate of drug-likeness (QED) is 0.788. The number of rotatable bonds is 6. The number of oxazole rings is 1. The Kier molecular flexibility index (Phi) is 6.06. The Bertz CT molecular complexity index is 960. The molecular weight excluding hydrogens is 376 g/mol. The lowest BCUT2D eigenvalue weighted by atomic mass is 10.0. The third-order valence-corrected chi connectivity index (χ3v) is 6.96. The van der Waals surface area contributed by atoms with E-state index in [4.69, 9.17) is 4.42 Å². The van der Waals surface area contributed by atoms with Crippen LogP contribution in [0.2, 0.25) is 0 Å². The van der Waals surface area contributed by atoms with Gasteiger partial charge in [-0.3, -0.25) is 0 Å². The van der Waals surface area contributed by atoms with Crippen molar-refractivity contribution in [2.75, 3.05) is 18.4 Å². The lowest BCUT2D eigenvalue weighted by molar-refractivity contribution is 0.281. The van der Waals surface area contributed by atoms with E-state index in [0.717, 1.165) is 19.3 Å². The first-order valence-corrected chi connectivity index (χ1v) is 11.1. The predicted octanol–water partition coefficient (Wildman–Crippen LogP) is 3.84. The third-order valence-electron chi connectivity index (χ3n) is 5.08. The Balaban J connectivity index is 1.84. The third kappa shape index (κ3) is 4.21. The van der Waals surface area contributed by atoms with Crippen LogP contribution in [0.15, 0.2) is 33.6 Å².